The van der Waals surface area contributed by atoms with E-state index in [-0.39, 0.29) is 5.91 Å². The van der Waals surface area contributed by atoms with Gasteiger partial charge in [0.25, 0.3) is 0 Å². The number of amides is 1. The maximum atomic E-state index is 12.8. The van der Waals surface area contributed by atoms with E-state index in [1.165, 1.54) is 10.8 Å². The highest BCUT2D eigenvalue weighted by atomic mass is 16.5. The molecule has 0 saturated heterocycles. The molecule has 0 aliphatic heterocycles. The fourth-order valence-corrected chi connectivity index (χ4v) is 4.57. The number of carbonyl (C=O) groups excluding carboxylic acids is 1. The molecule has 5 rings (SSSR count). The van der Waals surface area contributed by atoms with E-state index < -0.39 is 0 Å². The first-order chi connectivity index (χ1) is 17.4. The summed E-state index contributed by atoms with van der Waals surface area (Å²) in [6.45, 7) is 8.26. The van der Waals surface area contributed by atoms with Crippen molar-refractivity contribution in [2.45, 2.75) is 27.7 Å². The van der Waals surface area contributed by atoms with Gasteiger partial charge in [0.15, 0.2) is 0 Å². The number of nitrogens with one attached hydrogen (secondary N) is 1. The first-order valence-corrected chi connectivity index (χ1v) is 12.0. The quantitative estimate of drug-likeness (QED) is 0.255. The fraction of sp³-hybridized carbons (Fsp3) is 0.161. The summed E-state index contributed by atoms with van der Waals surface area (Å²) in [5.41, 5.74) is 6.26. The van der Waals surface area contributed by atoms with Crippen molar-refractivity contribution in [2.24, 2.45) is 0 Å². The van der Waals surface area contributed by atoms with Gasteiger partial charge in [-0.15, -0.1) is 0 Å². The molecule has 0 aliphatic carbocycles. The van der Waals surface area contributed by atoms with Crippen LogP contribution in [0.3, 0.4) is 0 Å². The van der Waals surface area contributed by atoms with E-state index >= 15 is 0 Å². The molecular weight excluding hydrogens is 448 g/mol. The van der Waals surface area contributed by atoms with Gasteiger partial charge in [-0.3, -0.25) is 4.79 Å². The minimum absolute atomic E-state index is 0.243. The third kappa shape index (κ3) is 4.48. The lowest BCUT2D eigenvalue weighted by molar-refractivity contribution is -0.111. The molecule has 36 heavy (non-hydrogen) atoms. The van der Waals surface area contributed by atoms with E-state index in [1.807, 2.05) is 52.0 Å². The van der Waals surface area contributed by atoms with E-state index in [0.29, 0.717) is 12.4 Å². The molecule has 0 spiro atoms. The molecule has 0 aliphatic rings. The van der Waals surface area contributed by atoms with Crippen molar-refractivity contribution in [3.8, 4) is 16.9 Å². The fourth-order valence-electron chi connectivity index (χ4n) is 4.57. The number of benzene rings is 3. The lowest BCUT2D eigenvalue weighted by atomic mass is 9.95. The van der Waals surface area contributed by atoms with Crippen LogP contribution in [0.2, 0.25) is 0 Å². The third-order valence-electron chi connectivity index (χ3n) is 6.31. The number of aromatic nitrogens is 1. The van der Waals surface area contributed by atoms with Crippen LogP contribution in [0.5, 0.6) is 5.75 Å². The van der Waals surface area contributed by atoms with E-state index in [9.17, 15) is 4.79 Å². The number of fused-ring (bicyclic) bond motifs is 2. The Kier molecular flexibility index (Phi) is 6.30. The molecule has 0 atom stereocenters. The Hall–Kier alpha value is -4.38. The normalized spacial score (nSPS) is 11.7. The highest BCUT2D eigenvalue weighted by Gasteiger charge is 2.19. The van der Waals surface area contributed by atoms with Crippen molar-refractivity contribution < 1.29 is 13.9 Å². The van der Waals surface area contributed by atoms with Gasteiger partial charge in [-0.2, -0.15) is 0 Å². The lowest BCUT2D eigenvalue weighted by Gasteiger charge is -2.15. The third-order valence-corrected chi connectivity index (χ3v) is 6.31. The van der Waals surface area contributed by atoms with Crippen LogP contribution in [0.1, 0.15) is 30.7 Å². The summed E-state index contributed by atoms with van der Waals surface area (Å²) >= 11 is 0. The molecule has 1 N–H and O–H groups in total. The van der Waals surface area contributed by atoms with Gasteiger partial charge in [-0.1, -0.05) is 42.5 Å². The van der Waals surface area contributed by atoms with Crippen LogP contribution < -0.4 is 10.1 Å². The number of furan rings is 1. The molecule has 0 radical (unpaired) electrons. The molecule has 0 unspecified atom stereocenters. The first-order valence-electron chi connectivity index (χ1n) is 12.0. The van der Waals surface area contributed by atoms with Crippen molar-refractivity contribution in [3.63, 3.8) is 0 Å². The average Bonchev–Trinajstić information content (AvgIpc) is 3.29. The van der Waals surface area contributed by atoms with Crippen LogP contribution in [0.25, 0.3) is 38.4 Å². The number of pyridine rings is 1. The maximum Gasteiger partial charge on any atom is 0.249 e. The van der Waals surface area contributed by atoms with Gasteiger partial charge in [0.2, 0.25) is 5.91 Å². The predicted molar refractivity (Wildman–Crippen MR) is 146 cm³/mol. The Morgan fingerprint density at radius 2 is 1.83 bits per heavy atom. The summed E-state index contributed by atoms with van der Waals surface area (Å²) in [6.07, 6.45) is 3.39. The smallest absolute Gasteiger partial charge is 0.249 e. The second-order valence-corrected chi connectivity index (χ2v) is 8.88. The SMILES string of the molecule is CCOc1c(/C(C)=C/C(=O)Nc2cccc(C)n2)cc2c(-c3ccc4ccccc4c3)coc2c1C. The van der Waals surface area contributed by atoms with Crippen LogP contribution in [0.4, 0.5) is 5.82 Å². The molecule has 2 aromatic heterocycles. The molecule has 5 heteroatoms. The Balaban J connectivity index is 1.59. The minimum Gasteiger partial charge on any atom is -0.493 e. The summed E-state index contributed by atoms with van der Waals surface area (Å²) in [6, 6.07) is 22.3. The molecule has 180 valence electrons. The number of anilines is 1. The van der Waals surface area contributed by atoms with Crippen molar-refractivity contribution in [1.29, 1.82) is 0 Å². The number of hydrogen-bond acceptors (Lipinski definition) is 4. The molecule has 5 nitrogen and oxygen atoms in total. The van der Waals surface area contributed by atoms with Crippen LogP contribution >= 0.6 is 0 Å². The summed E-state index contributed by atoms with van der Waals surface area (Å²) in [5.74, 6) is 1.00. The van der Waals surface area contributed by atoms with Gasteiger partial charge >= 0.3 is 0 Å². The zero-order valence-electron chi connectivity index (χ0n) is 20.9. The van der Waals surface area contributed by atoms with Crippen LogP contribution in [0.15, 0.2) is 83.5 Å². The summed E-state index contributed by atoms with van der Waals surface area (Å²) in [7, 11) is 0. The van der Waals surface area contributed by atoms with Gasteiger partial charge in [-0.05, 0) is 73.9 Å². The summed E-state index contributed by atoms with van der Waals surface area (Å²) < 4.78 is 12.1. The number of nitrogens with zero attached hydrogens (tertiary/aromatic N) is 1. The molecule has 2 heterocycles. The Labute approximate surface area is 210 Å². The van der Waals surface area contributed by atoms with Crippen LogP contribution in [0, 0.1) is 13.8 Å². The van der Waals surface area contributed by atoms with E-state index in [2.05, 4.69) is 46.7 Å². The Morgan fingerprint density at radius 3 is 2.61 bits per heavy atom. The standard InChI is InChI=1S/C31H28N2O3/c1-5-35-30-21(4)31-26(27(18-36-31)24-14-13-22-10-6-7-11-23(22)16-24)17-25(30)19(2)15-29(34)33-28-12-8-9-20(3)32-28/h6-18H,5H2,1-4H3,(H,32,33,34)/b19-15+. The summed E-state index contributed by atoms with van der Waals surface area (Å²) in [5, 5.41) is 6.19. The zero-order chi connectivity index (χ0) is 25.2. The van der Waals surface area contributed by atoms with Crippen molar-refractivity contribution in [2.75, 3.05) is 11.9 Å². The molecular formula is C31H28N2O3. The minimum atomic E-state index is -0.243. The molecule has 1 amide bonds. The highest BCUT2D eigenvalue weighted by molar-refractivity contribution is 6.06. The topological polar surface area (TPSA) is 64.4 Å². The van der Waals surface area contributed by atoms with E-state index in [0.717, 1.165) is 50.2 Å². The van der Waals surface area contributed by atoms with Crippen LogP contribution in [-0.4, -0.2) is 17.5 Å². The monoisotopic (exact) mass is 476 g/mol. The van der Waals surface area contributed by atoms with Gasteiger partial charge in [0.05, 0.1) is 12.9 Å². The highest BCUT2D eigenvalue weighted by Crippen LogP contribution is 2.41. The van der Waals surface area contributed by atoms with E-state index in [1.54, 1.807) is 18.4 Å². The average molecular weight is 477 g/mol. The van der Waals surface area contributed by atoms with Crippen molar-refractivity contribution in [3.05, 3.63) is 95.9 Å². The molecule has 0 fully saturated rings. The largest absolute Gasteiger partial charge is 0.493 e. The van der Waals surface area contributed by atoms with Gasteiger partial charge in [0, 0.05) is 33.8 Å². The first kappa shape index (κ1) is 23.4. The Bertz CT molecular complexity index is 1630. The van der Waals surface area contributed by atoms with Gasteiger partial charge in [0.1, 0.15) is 17.2 Å². The molecule has 0 bridgehead atoms. The maximum absolute atomic E-state index is 12.8. The van der Waals surface area contributed by atoms with Crippen molar-refractivity contribution in [1.82, 2.24) is 4.98 Å². The lowest BCUT2D eigenvalue weighted by Crippen LogP contribution is -2.10. The number of allylic oxidation sites excluding steroid dienone is 1. The second-order valence-electron chi connectivity index (χ2n) is 8.88. The molecule has 0 saturated carbocycles. The van der Waals surface area contributed by atoms with Gasteiger partial charge < -0.3 is 14.5 Å². The van der Waals surface area contributed by atoms with Gasteiger partial charge in [-0.25, -0.2) is 4.98 Å². The number of carbonyl (C=O) groups is 1. The van der Waals surface area contributed by atoms with E-state index in [4.69, 9.17) is 9.15 Å². The number of aryl methyl sites for hydroxylation is 2. The van der Waals surface area contributed by atoms with Crippen molar-refractivity contribution >= 4 is 39.0 Å². The number of ether oxygens (including phenoxy) is 1. The molecule has 5 aromatic rings. The van der Waals surface area contributed by atoms with Crippen LogP contribution in [-0.2, 0) is 4.79 Å². The predicted octanol–water partition coefficient (Wildman–Crippen LogP) is 7.71. The number of rotatable bonds is 6. The second kappa shape index (κ2) is 9.70. The zero-order valence-corrected chi connectivity index (χ0v) is 20.9. The number of hydrogen-bond donors (Lipinski definition) is 1. The molecule has 3 aromatic carbocycles. The Morgan fingerprint density at radius 1 is 1.03 bits per heavy atom. The summed E-state index contributed by atoms with van der Waals surface area (Å²) in [4.78, 5) is 17.2.